The molecule has 4 atom stereocenters. The summed E-state index contributed by atoms with van der Waals surface area (Å²) < 4.78 is 34.4. The lowest BCUT2D eigenvalue weighted by molar-refractivity contribution is 0.0845. The number of piperidine rings is 2. The van der Waals surface area contributed by atoms with Gasteiger partial charge in [-0.3, -0.25) is 0 Å². The van der Waals surface area contributed by atoms with Crippen molar-refractivity contribution in [2.75, 3.05) is 36.8 Å². The van der Waals surface area contributed by atoms with Gasteiger partial charge in [0.15, 0.2) is 11.6 Å². The van der Waals surface area contributed by atoms with Gasteiger partial charge in [0.1, 0.15) is 30.9 Å². The van der Waals surface area contributed by atoms with E-state index in [1.807, 2.05) is 47.4 Å². The lowest BCUT2D eigenvalue weighted by Gasteiger charge is -2.32. The zero-order valence-electron chi connectivity index (χ0n) is 33.6. The Bertz CT molecular complexity index is 2840. The van der Waals surface area contributed by atoms with Crippen molar-refractivity contribution in [3.63, 3.8) is 0 Å². The predicted octanol–water partition coefficient (Wildman–Crippen LogP) is 10.9. The molecule has 4 heterocycles. The van der Waals surface area contributed by atoms with Crippen LogP contribution in [0.25, 0.3) is 21.8 Å². The number of aromatic nitrogens is 4. The highest BCUT2D eigenvalue weighted by molar-refractivity contribution is 6.31. The van der Waals surface area contributed by atoms with Crippen LogP contribution < -0.4 is 16.0 Å². The van der Waals surface area contributed by atoms with E-state index in [4.69, 9.17) is 27.9 Å². The highest BCUT2D eigenvalue weighted by atomic mass is 35.5. The summed E-state index contributed by atoms with van der Waals surface area (Å²) in [6, 6.07) is 31.9. The summed E-state index contributed by atoms with van der Waals surface area (Å²) in [6.45, 7) is 3.68. The van der Waals surface area contributed by atoms with E-state index in [1.165, 1.54) is 43.2 Å². The van der Waals surface area contributed by atoms with E-state index in [-0.39, 0.29) is 39.3 Å². The van der Waals surface area contributed by atoms with Crippen LogP contribution in [0.3, 0.4) is 0 Å². The summed E-state index contributed by atoms with van der Waals surface area (Å²) in [5.74, 6) is 1.36. The number of carbonyl (C=O) groups is 1. The van der Waals surface area contributed by atoms with Crippen molar-refractivity contribution in [1.29, 1.82) is 0 Å². The van der Waals surface area contributed by atoms with E-state index in [0.717, 1.165) is 64.8 Å². The first-order chi connectivity index (χ1) is 30.2. The highest BCUT2D eigenvalue weighted by Gasteiger charge is 2.59. The largest absolute Gasteiger partial charge is 0.445 e. The van der Waals surface area contributed by atoms with E-state index >= 15 is 0 Å². The van der Waals surface area contributed by atoms with E-state index in [0.29, 0.717) is 36.3 Å². The molecule has 1 amide bonds. The van der Waals surface area contributed by atoms with Crippen molar-refractivity contribution in [3.8, 4) is 0 Å². The molecule has 11 rings (SSSR count). The molecule has 314 valence electrons. The number of fused-ring (bicyclic) bond motifs is 4. The molecule has 10 nitrogen and oxygen atoms in total. The topological polar surface area (TPSA) is 117 Å². The fourth-order valence-corrected chi connectivity index (χ4v) is 9.85. The first-order valence-electron chi connectivity index (χ1n) is 20.8. The van der Waals surface area contributed by atoms with Crippen LogP contribution in [0.2, 0.25) is 10.0 Å². The SMILES string of the molecule is Fc1c(Cl)cccc1Nc1ncnc2ccc(C34CNCCC3C4)cc12.O=C(OCc1ccccc1)N1CCC2CC2(c2ccc3ncnc(Nc4cccc(Cl)c4F)c3c2)C1. The van der Waals surface area contributed by atoms with E-state index in [9.17, 15) is 13.6 Å². The number of amides is 1. The average molecular weight is 872 g/mol. The molecule has 2 saturated carbocycles. The van der Waals surface area contributed by atoms with Gasteiger partial charge in [0, 0.05) is 41.2 Å². The smallest absolute Gasteiger partial charge is 0.410 e. The molecule has 2 aliphatic heterocycles. The predicted molar refractivity (Wildman–Crippen MR) is 238 cm³/mol. The van der Waals surface area contributed by atoms with Gasteiger partial charge in [-0.2, -0.15) is 0 Å². The Morgan fingerprint density at radius 1 is 0.726 bits per heavy atom. The molecule has 62 heavy (non-hydrogen) atoms. The number of rotatable bonds is 8. The Hall–Kier alpha value is -5.95. The highest BCUT2D eigenvalue weighted by Crippen LogP contribution is 2.59. The molecule has 2 aliphatic carbocycles. The van der Waals surface area contributed by atoms with Crippen LogP contribution >= 0.6 is 23.2 Å². The fourth-order valence-electron chi connectivity index (χ4n) is 9.50. The van der Waals surface area contributed by atoms with Crippen LogP contribution in [0.4, 0.5) is 36.6 Å². The van der Waals surface area contributed by atoms with Crippen LogP contribution in [0.1, 0.15) is 42.4 Å². The minimum Gasteiger partial charge on any atom is -0.445 e. The second-order valence-electron chi connectivity index (χ2n) is 16.7. The molecule has 4 aliphatic rings. The maximum Gasteiger partial charge on any atom is 0.410 e. The summed E-state index contributed by atoms with van der Waals surface area (Å²) in [7, 11) is 0. The van der Waals surface area contributed by atoms with Crippen LogP contribution in [0.15, 0.2) is 116 Å². The molecule has 7 aromatic rings. The number of hydrogen-bond donors (Lipinski definition) is 3. The second kappa shape index (κ2) is 16.4. The number of likely N-dealkylation sites (tertiary alicyclic amines) is 1. The van der Waals surface area contributed by atoms with Crippen molar-refractivity contribution in [2.24, 2.45) is 11.8 Å². The third kappa shape index (κ3) is 7.65. The summed E-state index contributed by atoms with van der Waals surface area (Å²) in [6.07, 6.45) is 7.06. The van der Waals surface area contributed by atoms with Crippen LogP contribution in [-0.2, 0) is 22.2 Å². The number of hydrogen-bond acceptors (Lipinski definition) is 9. The Morgan fingerprint density at radius 3 is 1.92 bits per heavy atom. The maximum absolute atomic E-state index is 14.5. The quantitative estimate of drug-likeness (QED) is 0.137. The first-order valence-corrected chi connectivity index (χ1v) is 21.6. The first kappa shape index (κ1) is 40.1. The summed E-state index contributed by atoms with van der Waals surface area (Å²) in [5.41, 5.74) is 5.68. The number of carbonyl (C=O) groups excluding carboxylic acids is 1. The summed E-state index contributed by atoms with van der Waals surface area (Å²) >= 11 is 11.8. The van der Waals surface area contributed by atoms with Gasteiger partial charge in [-0.25, -0.2) is 33.5 Å². The molecule has 5 aromatic carbocycles. The summed E-state index contributed by atoms with van der Waals surface area (Å²) in [5, 5.41) is 11.5. The fraction of sp³-hybridized carbons (Fsp3) is 0.271. The Kier molecular flexibility index (Phi) is 10.6. The van der Waals surface area contributed by atoms with Crippen LogP contribution in [0.5, 0.6) is 0 Å². The third-order valence-electron chi connectivity index (χ3n) is 13.1. The van der Waals surface area contributed by atoms with Crippen molar-refractivity contribution < 1.29 is 18.3 Å². The Morgan fingerprint density at radius 2 is 1.31 bits per heavy atom. The molecule has 2 aromatic heterocycles. The Labute approximate surface area is 367 Å². The molecular formula is C48H42Cl2F2N8O2. The molecule has 4 unspecified atom stereocenters. The molecule has 0 radical (unpaired) electrons. The van der Waals surface area contributed by atoms with Gasteiger partial charge in [-0.1, -0.05) is 77.8 Å². The van der Waals surface area contributed by atoms with Crippen molar-refractivity contribution in [2.45, 2.75) is 43.1 Å². The molecule has 2 saturated heterocycles. The molecule has 0 spiro atoms. The lowest BCUT2D eigenvalue weighted by atomic mass is 9.88. The maximum atomic E-state index is 14.5. The van der Waals surface area contributed by atoms with E-state index in [1.54, 1.807) is 24.3 Å². The average Bonchev–Trinajstić information content (AvgIpc) is 4.23. The van der Waals surface area contributed by atoms with Crippen LogP contribution in [-0.4, -0.2) is 57.1 Å². The summed E-state index contributed by atoms with van der Waals surface area (Å²) in [4.78, 5) is 32.2. The number of benzene rings is 5. The minimum atomic E-state index is -0.528. The van der Waals surface area contributed by atoms with Gasteiger partial charge >= 0.3 is 6.09 Å². The number of nitrogens with one attached hydrogen (secondary N) is 3. The van der Waals surface area contributed by atoms with E-state index < -0.39 is 11.6 Å². The standard InChI is InChI=1S/C28H24ClFN4O2.C20H18ClFN4/c29-22-7-4-8-24(25(22)30)33-26-21-13-19(9-10-23(21)31-17-32-26)28-14-20(28)11-12-34(16-28)27(35)36-15-18-5-2-1-3-6-18;21-15-2-1-3-17(18(15)22)26-19-14-8-12(4-5-16(14)24-11-25-19)20-9-13(20)6-7-23-10-20/h1-10,13,17,20H,11-12,14-16H2,(H,31,32,33);1-5,8,11,13,23H,6-7,9-10H2,(H,24,25,26). The van der Waals surface area contributed by atoms with E-state index in [2.05, 4.69) is 60.2 Å². The number of anilines is 4. The minimum absolute atomic E-state index is 0.0419. The monoisotopic (exact) mass is 870 g/mol. The number of halogens is 4. The molecule has 14 heteroatoms. The van der Waals surface area contributed by atoms with Gasteiger partial charge < -0.3 is 25.6 Å². The van der Waals surface area contributed by atoms with Crippen molar-refractivity contribution >= 4 is 74.1 Å². The van der Waals surface area contributed by atoms with Gasteiger partial charge in [0.2, 0.25) is 0 Å². The zero-order chi connectivity index (χ0) is 42.4. The molecular weight excluding hydrogens is 829 g/mol. The normalized spacial score (nSPS) is 22.2. The lowest BCUT2D eigenvalue weighted by Crippen LogP contribution is -2.42. The second-order valence-corrected chi connectivity index (χ2v) is 17.5. The molecule has 0 bridgehead atoms. The van der Waals surface area contributed by atoms with Crippen molar-refractivity contribution in [1.82, 2.24) is 30.2 Å². The van der Waals surface area contributed by atoms with Gasteiger partial charge in [0.05, 0.1) is 32.5 Å². The van der Waals surface area contributed by atoms with Gasteiger partial charge in [-0.15, -0.1) is 0 Å². The van der Waals surface area contributed by atoms with Gasteiger partial charge in [0.25, 0.3) is 0 Å². The number of ether oxygens (including phenoxy) is 1. The van der Waals surface area contributed by atoms with Crippen LogP contribution in [0, 0.1) is 23.5 Å². The molecule has 3 N–H and O–H groups in total. The third-order valence-corrected chi connectivity index (χ3v) is 13.7. The van der Waals surface area contributed by atoms with Gasteiger partial charge in [-0.05, 0) is 109 Å². The van der Waals surface area contributed by atoms with Crippen molar-refractivity contribution in [3.05, 3.63) is 154 Å². The molecule has 4 fully saturated rings. The Balaban J connectivity index is 0.000000156. The number of nitrogens with zero attached hydrogens (tertiary/aromatic N) is 5. The zero-order valence-corrected chi connectivity index (χ0v) is 35.1.